The second-order valence-corrected chi connectivity index (χ2v) is 9.66. The van der Waals surface area contributed by atoms with E-state index in [1.165, 1.54) is 4.90 Å². The normalized spacial score (nSPS) is 12.8. The van der Waals surface area contributed by atoms with Crippen LogP contribution in [-0.2, 0) is 10.2 Å². The summed E-state index contributed by atoms with van der Waals surface area (Å²) in [6, 6.07) is 13.9. The Morgan fingerprint density at radius 2 is 1.48 bits per heavy atom. The van der Waals surface area contributed by atoms with Crippen LogP contribution in [0.2, 0.25) is 0 Å². The van der Waals surface area contributed by atoms with Gasteiger partial charge in [0.2, 0.25) is 0 Å². The number of carbonyl (C=O) groups excluding carboxylic acids is 2. The Kier molecular flexibility index (Phi) is 7.49. The van der Waals surface area contributed by atoms with Gasteiger partial charge in [0.15, 0.2) is 0 Å². The number of nitrogens with zero attached hydrogens (tertiary/aromatic N) is 1. The van der Waals surface area contributed by atoms with Gasteiger partial charge in [-0.15, -0.1) is 0 Å². The number of benzene rings is 2. The highest BCUT2D eigenvalue weighted by Gasteiger charge is 2.22. The molecule has 0 spiro atoms. The highest BCUT2D eigenvalue weighted by Crippen LogP contribution is 2.23. The topological polar surface area (TPSA) is 76.1 Å². The SMILES string of the molecule is CN(CC(O)c1ccc(OC(=O)c2ccc(C(C)(C)C)cc2)cc1)C(=O)OC(C)(C)C. The fourth-order valence-electron chi connectivity index (χ4n) is 2.81. The molecule has 0 aliphatic carbocycles. The second kappa shape index (κ2) is 9.52. The number of esters is 1. The summed E-state index contributed by atoms with van der Waals surface area (Å²) in [4.78, 5) is 25.8. The molecule has 2 aromatic rings. The van der Waals surface area contributed by atoms with Crippen molar-refractivity contribution >= 4 is 12.1 Å². The molecule has 0 saturated carbocycles. The molecule has 0 radical (unpaired) electrons. The highest BCUT2D eigenvalue weighted by molar-refractivity contribution is 5.91. The highest BCUT2D eigenvalue weighted by atomic mass is 16.6. The van der Waals surface area contributed by atoms with Gasteiger partial charge in [0.25, 0.3) is 0 Å². The Bertz CT molecular complexity index is 889. The minimum Gasteiger partial charge on any atom is -0.444 e. The van der Waals surface area contributed by atoms with Crippen LogP contribution in [-0.4, -0.2) is 41.3 Å². The van der Waals surface area contributed by atoms with Gasteiger partial charge in [0.05, 0.1) is 18.2 Å². The van der Waals surface area contributed by atoms with E-state index in [9.17, 15) is 14.7 Å². The van der Waals surface area contributed by atoms with Crippen LogP contribution in [0.15, 0.2) is 48.5 Å². The molecule has 1 atom stereocenters. The average molecular weight is 428 g/mol. The van der Waals surface area contributed by atoms with Gasteiger partial charge in [0.1, 0.15) is 11.4 Å². The fraction of sp³-hybridized carbons (Fsp3) is 0.440. The summed E-state index contributed by atoms with van der Waals surface area (Å²) < 4.78 is 10.7. The molecule has 0 aliphatic heterocycles. The van der Waals surface area contributed by atoms with Crippen LogP contribution >= 0.6 is 0 Å². The predicted molar refractivity (Wildman–Crippen MR) is 120 cm³/mol. The maximum atomic E-state index is 12.4. The molecule has 1 unspecified atom stereocenters. The fourth-order valence-corrected chi connectivity index (χ4v) is 2.81. The van der Waals surface area contributed by atoms with E-state index in [1.54, 1.807) is 64.2 Å². The van der Waals surface area contributed by atoms with Crippen LogP contribution in [0.4, 0.5) is 4.79 Å². The van der Waals surface area contributed by atoms with E-state index in [1.807, 2.05) is 12.1 Å². The maximum absolute atomic E-state index is 12.4. The first-order valence-corrected chi connectivity index (χ1v) is 10.3. The average Bonchev–Trinajstić information content (AvgIpc) is 2.66. The number of amides is 1. The Balaban J connectivity index is 1.96. The molecular weight excluding hydrogens is 394 g/mol. The van der Waals surface area contributed by atoms with E-state index in [0.29, 0.717) is 16.9 Å². The molecular formula is C25H33NO5. The Hall–Kier alpha value is -2.86. The third kappa shape index (κ3) is 7.40. The lowest BCUT2D eigenvalue weighted by Crippen LogP contribution is -2.36. The summed E-state index contributed by atoms with van der Waals surface area (Å²) in [5.41, 5.74) is 1.62. The monoisotopic (exact) mass is 427 g/mol. The molecule has 0 saturated heterocycles. The second-order valence-electron chi connectivity index (χ2n) is 9.66. The summed E-state index contributed by atoms with van der Waals surface area (Å²) in [7, 11) is 1.57. The van der Waals surface area contributed by atoms with E-state index in [2.05, 4.69) is 20.8 Å². The molecule has 0 fully saturated rings. The first kappa shape index (κ1) is 24.4. The molecule has 2 aromatic carbocycles. The van der Waals surface area contributed by atoms with Crippen molar-refractivity contribution in [1.29, 1.82) is 0 Å². The summed E-state index contributed by atoms with van der Waals surface area (Å²) in [6.07, 6.45) is -1.40. The Morgan fingerprint density at radius 3 is 1.97 bits per heavy atom. The minimum atomic E-state index is -0.896. The van der Waals surface area contributed by atoms with Crippen LogP contribution in [0.25, 0.3) is 0 Å². The molecule has 0 bridgehead atoms. The molecule has 6 nitrogen and oxygen atoms in total. The van der Waals surface area contributed by atoms with Crippen molar-refractivity contribution in [2.45, 2.75) is 58.7 Å². The third-order valence-corrected chi connectivity index (χ3v) is 4.61. The zero-order chi connectivity index (χ0) is 23.4. The van der Waals surface area contributed by atoms with E-state index < -0.39 is 23.8 Å². The van der Waals surface area contributed by atoms with Crippen molar-refractivity contribution in [2.75, 3.05) is 13.6 Å². The van der Waals surface area contributed by atoms with Gasteiger partial charge in [-0.3, -0.25) is 0 Å². The molecule has 2 rings (SSSR count). The lowest BCUT2D eigenvalue weighted by molar-refractivity contribution is 0.0205. The summed E-state index contributed by atoms with van der Waals surface area (Å²) in [6.45, 7) is 11.8. The van der Waals surface area contributed by atoms with Gasteiger partial charge in [0, 0.05) is 7.05 Å². The minimum absolute atomic E-state index is 0.0106. The number of hydrogen-bond donors (Lipinski definition) is 1. The largest absolute Gasteiger partial charge is 0.444 e. The lowest BCUT2D eigenvalue weighted by atomic mass is 9.87. The van der Waals surface area contributed by atoms with E-state index in [0.717, 1.165) is 5.56 Å². The smallest absolute Gasteiger partial charge is 0.410 e. The van der Waals surface area contributed by atoms with Gasteiger partial charge in [-0.05, 0) is 61.6 Å². The van der Waals surface area contributed by atoms with Crippen LogP contribution in [0.1, 0.15) is 69.1 Å². The van der Waals surface area contributed by atoms with Crippen molar-refractivity contribution in [2.24, 2.45) is 0 Å². The number of ether oxygens (including phenoxy) is 2. The van der Waals surface area contributed by atoms with E-state index in [-0.39, 0.29) is 12.0 Å². The zero-order valence-electron chi connectivity index (χ0n) is 19.4. The van der Waals surface area contributed by atoms with Gasteiger partial charge in [-0.25, -0.2) is 9.59 Å². The molecule has 0 aliphatic rings. The number of rotatable bonds is 5. The Labute approximate surface area is 184 Å². The van der Waals surface area contributed by atoms with E-state index >= 15 is 0 Å². The van der Waals surface area contributed by atoms with Crippen molar-refractivity contribution in [3.05, 3.63) is 65.2 Å². The quantitative estimate of drug-likeness (QED) is 0.530. The van der Waals surface area contributed by atoms with Gasteiger partial charge >= 0.3 is 12.1 Å². The van der Waals surface area contributed by atoms with Crippen LogP contribution in [0.3, 0.4) is 0 Å². The first-order chi connectivity index (χ1) is 14.3. The van der Waals surface area contributed by atoms with Crippen molar-refractivity contribution in [1.82, 2.24) is 4.90 Å². The van der Waals surface area contributed by atoms with Crippen LogP contribution in [0.5, 0.6) is 5.75 Å². The predicted octanol–water partition coefficient (Wildman–Crippen LogP) is 5.10. The number of carbonyl (C=O) groups is 2. The van der Waals surface area contributed by atoms with Crippen molar-refractivity contribution in [3.8, 4) is 5.75 Å². The van der Waals surface area contributed by atoms with Crippen molar-refractivity contribution in [3.63, 3.8) is 0 Å². The molecule has 31 heavy (non-hydrogen) atoms. The molecule has 168 valence electrons. The molecule has 0 heterocycles. The standard InChI is InChI=1S/C25H33NO5/c1-24(2,3)19-12-8-18(9-13-19)22(28)30-20-14-10-17(11-15-20)21(27)16-26(7)23(29)31-25(4,5)6/h8-15,21,27H,16H2,1-7H3. The summed E-state index contributed by atoms with van der Waals surface area (Å²) in [5, 5.41) is 10.4. The number of likely N-dealkylation sites (N-methyl/N-ethyl adjacent to an activating group) is 1. The van der Waals surface area contributed by atoms with Gasteiger partial charge in [-0.2, -0.15) is 0 Å². The summed E-state index contributed by atoms with van der Waals surface area (Å²) in [5.74, 6) is -0.0697. The van der Waals surface area contributed by atoms with Crippen LogP contribution in [0, 0.1) is 0 Å². The molecule has 6 heteroatoms. The van der Waals surface area contributed by atoms with Gasteiger partial charge in [-0.1, -0.05) is 45.0 Å². The van der Waals surface area contributed by atoms with Crippen molar-refractivity contribution < 1.29 is 24.2 Å². The zero-order valence-corrected chi connectivity index (χ0v) is 19.4. The Morgan fingerprint density at radius 1 is 0.935 bits per heavy atom. The number of aliphatic hydroxyl groups is 1. The summed E-state index contributed by atoms with van der Waals surface area (Å²) >= 11 is 0. The maximum Gasteiger partial charge on any atom is 0.410 e. The molecule has 1 amide bonds. The number of hydrogen-bond acceptors (Lipinski definition) is 5. The van der Waals surface area contributed by atoms with E-state index in [4.69, 9.17) is 9.47 Å². The first-order valence-electron chi connectivity index (χ1n) is 10.3. The molecule has 0 aromatic heterocycles. The van der Waals surface area contributed by atoms with Gasteiger partial charge < -0.3 is 19.5 Å². The van der Waals surface area contributed by atoms with Crippen LogP contribution < -0.4 is 4.74 Å². The number of aliphatic hydroxyl groups excluding tert-OH is 1. The third-order valence-electron chi connectivity index (χ3n) is 4.61. The molecule has 1 N–H and O–H groups in total. The lowest BCUT2D eigenvalue weighted by Gasteiger charge is -2.26.